The van der Waals surface area contributed by atoms with Crippen molar-refractivity contribution in [1.82, 2.24) is 4.72 Å². The Bertz CT molecular complexity index is 856. The topological polar surface area (TPSA) is 115 Å². The van der Waals surface area contributed by atoms with Gasteiger partial charge in [-0.05, 0) is 29.8 Å². The van der Waals surface area contributed by atoms with Gasteiger partial charge in [0.15, 0.2) is 4.90 Å². The molecule has 24 heavy (non-hydrogen) atoms. The van der Waals surface area contributed by atoms with Crippen LogP contribution >= 0.6 is 15.9 Å². The van der Waals surface area contributed by atoms with E-state index >= 15 is 0 Å². The number of nitro groups is 1. The normalized spacial score (nSPS) is 12.8. The van der Waals surface area contributed by atoms with Gasteiger partial charge in [-0.15, -0.1) is 0 Å². The van der Waals surface area contributed by atoms with E-state index in [4.69, 9.17) is 5.73 Å². The molecule has 0 saturated carbocycles. The maximum atomic E-state index is 13.4. The van der Waals surface area contributed by atoms with Crippen LogP contribution in [-0.4, -0.2) is 19.9 Å². The van der Waals surface area contributed by atoms with Gasteiger partial charge in [0.05, 0.1) is 4.92 Å². The molecule has 0 amide bonds. The zero-order valence-electron chi connectivity index (χ0n) is 12.1. The highest BCUT2D eigenvalue weighted by molar-refractivity contribution is 9.10. The third kappa shape index (κ3) is 4.35. The van der Waals surface area contributed by atoms with E-state index in [2.05, 4.69) is 20.7 Å². The number of nitrogens with one attached hydrogen (secondary N) is 1. The van der Waals surface area contributed by atoms with E-state index in [1.807, 2.05) is 0 Å². The smallest absolute Gasteiger partial charge is 0.289 e. The molecule has 10 heteroatoms. The quantitative estimate of drug-likeness (QED) is 0.553. The Hall–Kier alpha value is -1.88. The first-order valence-corrected chi connectivity index (χ1v) is 8.93. The molecule has 0 spiro atoms. The van der Waals surface area contributed by atoms with E-state index in [1.165, 1.54) is 24.3 Å². The van der Waals surface area contributed by atoms with Gasteiger partial charge >= 0.3 is 0 Å². The second-order valence-electron chi connectivity index (χ2n) is 4.89. The lowest BCUT2D eigenvalue weighted by molar-refractivity contribution is -0.387. The zero-order valence-corrected chi connectivity index (χ0v) is 14.6. The lowest BCUT2D eigenvalue weighted by Gasteiger charge is -2.14. The van der Waals surface area contributed by atoms with Crippen LogP contribution in [0.1, 0.15) is 11.6 Å². The number of sulfonamides is 1. The average molecular weight is 418 g/mol. The van der Waals surface area contributed by atoms with Gasteiger partial charge in [-0.3, -0.25) is 10.1 Å². The summed E-state index contributed by atoms with van der Waals surface area (Å²) in [5.74, 6) is -0.517. The molecule has 0 aliphatic carbocycles. The third-order valence-electron chi connectivity index (χ3n) is 3.16. The van der Waals surface area contributed by atoms with Crippen molar-refractivity contribution in [2.24, 2.45) is 5.73 Å². The van der Waals surface area contributed by atoms with Crippen molar-refractivity contribution in [3.05, 3.63) is 68.4 Å². The summed E-state index contributed by atoms with van der Waals surface area (Å²) in [4.78, 5) is 9.71. The molecule has 0 aromatic heterocycles. The van der Waals surface area contributed by atoms with E-state index in [9.17, 15) is 22.9 Å². The van der Waals surface area contributed by atoms with E-state index in [0.29, 0.717) is 10.0 Å². The Kier molecular flexibility index (Phi) is 5.65. The van der Waals surface area contributed by atoms with Crippen LogP contribution in [0.15, 0.2) is 51.8 Å². The Morgan fingerprint density at radius 1 is 1.29 bits per heavy atom. The average Bonchev–Trinajstić information content (AvgIpc) is 2.51. The molecule has 0 radical (unpaired) electrons. The molecule has 0 bridgehead atoms. The number of benzene rings is 2. The van der Waals surface area contributed by atoms with Crippen LogP contribution in [0.2, 0.25) is 0 Å². The van der Waals surface area contributed by atoms with Crippen LogP contribution in [0.4, 0.5) is 10.1 Å². The maximum Gasteiger partial charge on any atom is 0.289 e. The van der Waals surface area contributed by atoms with Crippen molar-refractivity contribution in [2.45, 2.75) is 10.9 Å². The van der Waals surface area contributed by atoms with Crippen molar-refractivity contribution in [1.29, 1.82) is 0 Å². The molecule has 3 N–H and O–H groups in total. The number of hydrogen-bond acceptors (Lipinski definition) is 5. The molecule has 2 rings (SSSR count). The lowest BCUT2D eigenvalue weighted by atomic mass is 10.1. The summed E-state index contributed by atoms with van der Waals surface area (Å²) in [6.07, 6.45) is 0. The van der Waals surface area contributed by atoms with E-state index in [-0.39, 0.29) is 6.54 Å². The van der Waals surface area contributed by atoms with Crippen LogP contribution in [0.25, 0.3) is 0 Å². The summed E-state index contributed by atoms with van der Waals surface area (Å²) in [6.45, 7) is -0.246. The molecular formula is C14H13BrFN3O4S. The molecule has 128 valence electrons. The van der Waals surface area contributed by atoms with E-state index in [1.54, 1.807) is 6.07 Å². The second-order valence-corrected chi connectivity index (χ2v) is 7.54. The van der Waals surface area contributed by atoms with Gasteiger partial charge in [0, 0.05) is 23.1 Å². The molecule has 0 saturated heterocycles. The fraction of sp³-hybridized carbons (Fsp3) is 0.143. The summed E-state index contributed by atoms with van der Waals surface area (Å²) < 4.78 is 40.6. The number of nitrogens with zero attached hydrogens (tertiary/aromatic N) is 1. The van der Waals surface area contributed by atoms with E-state index in [0.717, 1.165) is 12.1 Å². The highest BCUT2D eigenvalue weighted by Gasteiger charge is 2.25. The first-order chi connectivity index (χ1) is 11.2. The third-order valence-corrected chi connectivity index (χ3v) is 5.09. The minimum absolute atomic E-state index is 0.246. The number of nitrogens with two attached hydrogens (primary N) is 1. The second kappa shape index (κ2) is 7.34. The largest absolute Gasteiger partial charge is 0.323 e. The molecule has 7 nitrogen and oxygen atoms in total. The predicted molar refractivity (Wildman–Crippen MR) is 89.3 cm³/mol. The molecule has 1 atom stereocenters. The van der Waals surface area contributed by atoms with Crippen molar-refractivity contribution >= 4 is 31.6 Å². The molecule has 0 heterocycles. The summed E-state index contributed by atoms with van der Waals surface area (Å²) >= 11 is 3.12. The summed E-state index contributed by atoms with van der Waals surface area (Å²) in [6, 6.07) is 8.14. The highest BCUT2D eigenvalue weighted by atomic mass is 79.9. The Balaban J connectivity index is 2.20. The van der Waals surface area contributed by atoms with Crippen molar-refractivity contribution < 1.29 is 17.7 Å². The Morgan fingerprint density at radius 2 is 1.96 bits per heavy atom. The Labute approximate surface area is 146 Å². The van der Waals surface area contributed by atoms with Gasteiger partial charge in [-0.25, -0.2) is 17.5 Å². The van der Waals surface area contributed by atoms with Gasteiger partial charge in [-0.2, -0.15) is 0 Å². The molecule has 0 unspecified atom stereocenters. The zero-order chi connectivity index (χ0) is 17.9. The van der Waals surface area contributed by atoms with Crippen LogP contribution < -0.4 is 10.5 Å². The first kappa shape index (κ1) is 18.5. The number of rotatable bonds is 6. The summed E-state index contributed by atoms with van der Waals surface area (Å²) in [7, 11) is -4.14. The molecular weight excluding hydrogens is 405 g/mol. The first-order valence-electron chi connectivity index (χ1n) is 6.65. The minimum Gasteiger partial charge on any atom is -0.323 e. The van der Waals surface area contributed by atoms with Crippen LogP contribution in [-0.2, 0) is 10.0 Å². The molecule has 0 aliphatic rings. The highest BCUT2D eigenvalue weighted by Crippen LogP contribution is 2.23. The number of hydrogen-bond donors (Lipinski definition) is 2. The molecule has 2 aromatic rings. The van der Waals surface area contributed by atoms with Crippen LogP contribution in [0.3, 0.4) is 0 Å². The number of halogens is 2. The van der Waals surface area contributed by atoms with Crippen molar-refractivity contribution in [3.63, 3.8) is 0 Å². The molecule has 2 aromatic carbocycles. The summed E-state index contributed by atoms with van der Waals surface area (Å²) in [5.41, 5.74) is 5.71. The fourth-order valence-corrected chi connectivity index (χ4v) is 3.73. The van der Waals surface area contributed by atoms with Gasteiger partial charge in [0.2, 0.25) is 10.0 Å². The molecule has 0 fully saturated rings. The minimum atomic E-state index is -4.14. The number of nitro benzene ring substituents is 1. The maximum absolute atomic E-state index is 13.4. The van der Waals surface area contributed by atoms with Gasteiger partial charge in [-0.1, -0.05) is 28.1 Å². The summed E-state index contributed by atoms with van der Waals surface area (Å²) in [5, 5.41) is 10.9. The van der Waals surface area contributed by atoms with E-state index < -0.39 is 37.4 Å². The van der Waals surface area contributed by atoms with Crippen molar-refractivity contribution in [3.8, 4) is 0 Å². The SMILES string of the molecule is N[C@H](CNS(=O)(=O)c1ccccc1[N+](=O)[O-])c1cc(F)cc(Br)c1. The van der Waals surface area contributed by atoms with Crippen molar-refractivity contribution in [2.75, 3.05) is 6.54 Å². The van der Waals surface area contributed by atoms with Gasteiger partial charge in [0.25, 0.3) is 5.69 Å². The Morgan fingerprint density at radius 3 is 2.58 bits per heavy atom. The van der Waals surface area contributed by atoms with Gasteiger partial charge in [0.1, 0.15) is 5.82 Å². The fourth-order valence-electron chi connectivity index (χ4n) is 2.02. The monoisotopic (exact) mass is 417 g/mol. The van der Waals surface area contributed by atoms with Crippen LogP contribution in [0, 0.1) is 15.9 Å². The lowest BCUT2D eigenvalue weighted by Crippen LogP contribution is -2.32. The molecule has 0 aliphatic heterocycles. The standard InChI is InChI=1S/C14H13BrFN3O4S/c15-10-5-9(6-11(16)7-10)12(17)8-18-24(22,23)14-4-2-1-3-13(14)19(20)21/h1-7,12,18H,8,17H2/t12-/m1/s1. The number of para-hydroxylation sites is 1. The predicted octanol–water partition coefficient (Wildman–Crippen LogP) is 2.47. The van der Waals surface area contributed by atoms with Crippen LogP contribution in [0.5, 0.6) is 0 Å². The van der Waals surface area contributed by atoms with Gasteiger partial charge < -0.3 is 5.73 Å².